The van der Waals surface area contributed by atoms with Crippen LogP contribution in [0.2, 0.25) is 0 Å². The lowest BCUT2D eigenvalue weighted by Crippen LogP contribution is -2.51. The summed E-state index contributed by atoms with van der Waals surface area (Å²) in [7, 11) is 0. The molecule has 152 valence electrons. The lowest BCUT2D eigenvalue weighted by molar-refractivity contribution is -0.120. The van der Waals surface area contributed by atoms with Crippen molar-refractivity contribution in [1.82, 2.24) is 10.6 Å². The Morgan fingerprint density at radius 3 is 2.44 bits per heavy atom. The Balaban J connectivity index is 1.77. The van der Waals surface area contributed by atoms with Crippen LogP contribution in [-0.2, 0) is 14.3 Å². The molecule has 0 spiro atoms. The van der Waals surface area contributed by atoms with Gasteiger partial charge in [0.2, 0.25) is 5.91 Å². The Kier molecular flexibility index (Phi) is 6.69. The van der Waals surface area contributed by atoms with Crippen LogP contribution in [0.15, 0.2) is 9.81 Å². The normalized spacial score (nSPS) is 29.3. The van der Waals surface area contributed by atoms with Crippen molar-refractivity contribution < 1.29 is 19.1 Å². The van der Waals surface area contributed by atoms with E-state index in [0.717, 1.165) is 24.3 Å². The van der Waals surface area contributed by atoms with Gasteiger partial charge in [0.25, 0.3) is 0 Å². The lowest BCUT2D eigenvalue weighted by atomic mass is 9.91. The van der Waals surface area contributed by atoms with E-state index in [0.29, 0.717) is 6.61 Å². The Bertz CT molecular complexity index is 605. The molecule has 8 heteroatoms. The van der Waals surface area contributed by atoms with Crippen molar-refractivity contribution in [3.63, 3.8) is 0 Å². The first kappa shape index (κ1) is 20.9. The van der Waals surface area contributed by atoms with E-state index in [9.17, 15) is 9.59 Å². The van der Waals surface area contributed by atoms with Crippen molar-refractivity contribution in [2.24, 2.45) is 5.92 Å². The van der Waals surface area contributed by atoms with E-state index in [4.69, 9.17) is 9.47 Å². The van der Waals surface area contributed by atoms with Crippen LogP contribution in [0.5, 0.6) is 0 Å². The van der Waals surface area contributed by atoms with Crippen molar-refractivity contribution in [3.05, 3.63) is 9.81 Å². The molecule has 2 saturated heterocycles. The fourth-order valence-electron chi connectivity index (χ4n) is 3.70. The summed E-state index contributed by atoms with van der Waals surface area (Å²) in [6, 6.07) is -0.148. The number of carbonyl (C=O) groups is 2. The second-order valence-corrected chi connectivity index (χ2v) is 10.8. The van der Waals surface area contributed by atoms with E-state index < -0.39 is 11.7 Å². The third-order valence-electron chi connectivity index (χ3n) is 4.80. The van der Waals surface area contributed by atoms with Gasteiger partial charge in [-0.1, -0.05) is 0 Å². The molecular formula is C19H30N2O4S2. The van der Waals surface area contributed by atoms with Gasteiger partial charge in [-0.05, 0) is 57.1 Å². The molecule has 1 aliphatic carbocycles. The van der Waals surface area contributed by atoms with Crippen LogP contribution in [0, 0.1) is 5.92 Å². The summed E-state index contributed by atoms with van der Waals surface area (Å²) in [5.74, 6) is 2.36. The third kappa shape index (κ3) is 6.06. The maximum Gasteiger partial charge on any atom is 0.407 e. The first-order chi connectivity index (χ1) is 12.7. The van der Waals surface area contributed by atoms with Crippen LogP contribution < -0.4 is 10.6 Å². The van der Waals surface area contributed by atoms with E-state index >= 15 is 0 Å². The summed E-state index contributed by atoms with van der Waals surface area (Å²) >= 11 is 3.85. The molecule has 27 heavy (non-hydrogen) atoms. The molecule has 2 amide bonds. The summed E-state index contributed by atoms with van der Waals surface area (Å²) < 4.78 is 12.4. The minimum atomic E-state index is -0.537. The highest BCUT2D eigenvalue weighted by molar-refractivity contribution is 8.22. The zero-order chi connectivity index (χ0) is 19.6. The molecule has 4 atom stereocenters. The smallest absolute Gasteiger partial charge is 0.407 e. The Hall–Kier alpha value is -0.860. The van der Waals surface area contributed by atoms with Gasteiger partial charge in [0.05, 0.1) is 12.6 Å². The Labute approximate surface area is 169 Å². The predicted molar refractivity (Wildman–Crippen MR) is 110 cm³/mol. The number of epoxide rings is 1. The molecular weight excluding hydrogens is 384 g/mol. The largest absolute Gasteiger partial charge is 0.444 e. The summed E-state index contributed by atoms with van der Waals surface area (Å²) in [5.41, 5.74) is 0.859. The van der Waals surface area contributed by atoms with Crippen LogP contribution >= 0.6 is 23.5 Å². The molecule has 2 aliphatic heterocycles. The number of alkyl carbamates (subject to hydrolysis) is 1. The number of carbonyl (C=O) groups excluding carboxylic acids is 2. The quantitative estimate of drug-likeness (QED) is 0.687. The van der Waals surface area contributed by atoms with Crippen LogP contribution in [0.4, 0.5) is 4.79 Å². The summed E-state index contributed by atoms with van der Waals surface area (Å²) in [4.78, 5) is 24.1. The zero-order valence-corrected chi connectivity index (χ0v) is 18.1. The first-order valence-corrected chi connectivity index (χ1v) is 11.6. The van der Waals surface area contributed by atoms with Gasteiger partial charge in [0.15, 0.2) is 0 Å². The van der Waals surface area contributed by atoms with Gasteiger partial charge in [0.1, 0.15) is 11.7 Å². The van der Waals surface area contributed by atoms with E-state index in [1.807, 2.05) is 44.3 Å². The minimum Gasteiger partial charge on any atom is -0.444 e. The molecule has 0 aromatic rings. The fourth-order valence-corrected chi connectivity index (χ4v) is 6.40. The van der Waals surface area contributed by atoms with Crippen LogP contribution in [0.25, 0.3) is 0 Å². The van der Waals surface area contributed by atoms with Gasteiger partial charge >= 0.3 is 6.09 Å². The van der Waals surface area contributed by atoms with Crippen LogP contribution in [-0.4, -0.2) is 53.9 Å². The minimum absolute atomic E-state index is 0.0397. The van der Waals surface area contributed by atoms with Crippen LogP contribution in [0.3, 0.4) is 0 Å². The number of rotatable bonds is 4. The maximum atomic E-state index is 12.4. The van der Waals surface area contributed by atoms with Gasteiger partial charge in [-0.15, -0.1) is 23.5 Å². The molecule has 0 aromatic heterocycles. The number of hydrogen-bond donors (Lipinski definition) is 2. The van der Waals surface area contributed by atoms with Gasteiger partial charge in [0, 0.05) is 23.1 Å². The SMILES string of the molecule is CC(=O)NC(C1CO1)C1CC(=C2SCCCS2)CC1NC(=O)OC(C)(C)C. The number of thioether (sulfide) groups is 2. The monoisotopic (exact) mass is 414 g/mol. The fraction of sp³-hybridized carbons (Fsp3) is 0.789. The van der Waals surface area contributed by atoms with E-state index in [1.165, 1.54) is 23.2 Å². The number of nitrogens with one attached hydrogen (secondary N) is 2. The zero-order valence-electron chi connectivity index (χ0n) is 16.5. The van der Waals surface area contributed by atoms with Gasteiger partial charge < -0.3 is 20.1 Å². The van der Waals surface area contributed by atoms with Crippen molar-refractivity contribution in [3.8, 4) is 0 Å². The topological polar surface area (TPSA) is 80.0 Å². The second-order valence-electron chi connectivity index (χ2n) is 8.36. The Morgan fingerprint density at radius 1 is 1.22 bits per heavy atom. The number of hydrogen-bond acceptors (Lipinski definition) is 6. The van der Waals surface area contributed by atoms with Gasteiger partial charge in [-0.2, -0.15) is 0 Å². The summed E-state index contributed by atoms with van der Waals surface area (Å²) in [6.07, 6.45) is 2.56. The Morgan fingerprint density at radius 2 is 1.89 bits per heavy atom. The molecule has 3 aliphatic rings. The molecule has 3 rings (SSSR count). The summed E-state index contributed by atoms with van der Waals surface area (Å²) in [6.45, 7) is 7.78. The number of amides is 2. The van der Waals surface area contributed by atoms with Crippen molar-refractivity contribution in [2.45, 2.75) is 70.7 Å². The van der Waals surface area contributed by atoms with E-state index in [2.05, 4.69) is 10.6 Å². The van der Waals surface area contributed by atoms with Crippen LogP contribution in [0.1, 0.15) is 47.0 Å². The molecule has 0 aromatic carbocycles. The number of ether oxygens (including phenoxy) is 2. The van der Waals surface area contributed by atoms with Gasteiger partial charge in [-0.25, -0.2) is 4.79 Å². The molecule has 4 unspecified atom stereocenters. The third-order valence-corrected chi connectivity index (χ3v) is 7.60. The van der Waals surface area contributed by atoms with Crippen molar-refractivity contribution in [1.29, 1.82) is 0 Å². The molecule has 0 radical (unpaired) electrons. The van der Waals surface area contributed by atoms with E-state index in [1.54, 1.807) is 0 Å². The van der Waals surface area contributed by atoms with Crippen molar-refractivity contribution >= 4 is 35.5 Å². The molecule has 2 heterocycles. The van der Waals surface area contributed by atoms with Gasteiger partial charge in [-0.3, -0.25) is 4.79 Å². The molecule has 0 bridgehead atoms. The summed E-state index contributed by atoms with van der Waals surface area (Å²) in [5, 5.41) is 6.14. The van der Waals surface area contributed by atoms with Crippen molar-refractivity contribution in [2.75, 3.05) is 18.1 Å². The first-order valence-electron chi connectivity index (χ1n) is 9.59. The highest BCUT2D eigenvalue weighted by Gasteiger charge is 2.46. The highest BCUT2D eigenvalue weighted by Crippen LogP contribution is 2.45. The predicted octanol–water partition coefficient (Wildman–Crippen LogP) is 3.27. The van der Waals surface area contributed by atoms with E-state index in [-0.39, 0.29) is 30.0 Å². The average Bonchev–Trinajstić information content (AvgIpc) is 3.33. The lowest BCUT2D eigenvalue weighted by Gasteiger charge is -2.29. The molecule has 6 nitrogen and oxygen atoms in total. The highest BCUT2D eigenvalue weighted by atomic mass is 32.2. The molecule has 2 N–H and O–H groups in total. The average molecular weight is 415 g/mol. The second kappa shape index (κ2) is 8.66. The molecule has 3 fully saturated rings. The standard InChI is InChI=1S/C19H30N2O4S2/c1-11(22)20-16(15-10-24-15)13-8-12(17-26-6-5-7-27-17)9-14(13)21-18(23)25-19(2,3)4/h13-16H,5-10H2,1-4H3,(H,20,22)(H,21,23). The maximum absolute atomic E-state index is 12.4. The molecule has 1 saturated carbocycles.